The van der Waals surface area contributed by atoms with Gasteiger partial charge in [-0.25, -0.2) is 0 Å². The van der Waals surface area contributed by atoms with Gasteiger partial charge in [0.05, 0.1) is 6.54 Å². The Kier molecular flexibility index (Phi) is 6.55. The summed E-state index contributed by atoms with van der Waals surface area (Å²) in [7, 11) is 2.02. The maximum absolute atomic E-state index is 10.4. The van der Waals surface area contributed by atoms with Crippen molar-refractivity contribution in [2.75, 3.05) is 13.6 Å². The van der Waals surface area contributed by atoms with E-state index in [1.165, 1.54) is 0 Å². The minimum absolute atomic E-state index is 0. The molecule has 0 radical (unpaired) electrons. The van der Waals surface area contributed by atoms with E-state index in [9.17, 15) is 4.79 Å². The summed E-state index contributed by atoms with van der Waals surface area (Å²) in [6.45, 7) is 1.63. The molecule has 0 aliphatic rings. The Bertz CT molecular complexity index is 520. The lowest BCUT2D eigenvalue weighted by atomic mass is 10.2. The number of carboxylic acids is 1. The Hall–Kier alpha value is -1.52. The van der Waals surface area contributed by atoms with Gasteiger partial charge in [-0.3, -0.25) is 9.69 Å². The first-order valence-electron chi connectivity index (χ1n) is 6.53. The van der Waals surface area contributed by atoms with E-state index in [0.29, 0.717) is 0 Å². The Morgan fingerprint density at radius 3 is 2.75 bits per heavy atom. The maximum Gasteiger partial charge on any atom is 0.303 e. The average molecular weight is 298 g/mol. The molecule has 1 heterocycles. The van der Waals surface area contributed by atoms with Crippen molar-refractivity contribution in [3.8, 4) is 0 Å². The largest absolute Gasteiger partial charge is 0.481 e. The molecule has 0 saturated carbocycles. The summed E-state index contributed by atoms with van der Waals surface area (Å²) < 4.78 is 5.75. The molecule has 0 amide bonds. The number of benzene rings is 1. The van der Waals surface area contributed by atoms with Crippen LogP contribution in [0.1, 0.15) is 25.0 Å². The van der Waals surface area contributed by atoms with Gasteiger partial charge in [0.1, 0.15) is 11.3 Å². The number of furan rings is 1. The van der Waals surface area contributed by atoms with Gasteiger partial charge in [0, 0.05) is 11.8 Å². The average Bonchev–Trinajstić information content (AvgIpc) is 2.76. The summed E-state index contributed by atoms with van der Waals surface area (Å²) in [5, 5.41) is 9.69. The number of fused-ring (bicyclic) bond motifs is 1. The Morgan fingerprint density at radius 1 is 1.30 bits per heavy atom. The number of carboxylic acid groups (broad SMARTS) is 1. The fourth-order valence-corrected chi connectivity index (χ4v) is 2.12. The molecule has 0 aliphatic carbocycles. The minimum Gasteiger partial charge on any atom is -0.481 e. The lowest BCUT2D eigenvalue weighted by molar-refractivity contribution is -0.137. The van der Waals surface area contributed by atoms with Crippen molar-refractivity contribution in [3.63, 3.8) is 0 Å². The molecule has 0 saturated heterocycles. The van der Waals surface area contributed by atoms with Crippen molar-refractivity contribution in [3.05, 3.63) is 36.1 Å². The van der Waals surface area contributed by atoms with Crippen molar-refractivity contribution in [2.45, 2.75) is 25.8 Å². The normalized spacial score (nSPS) is 10.7. The van der Waals surface area contributed by atoms with Gasteiger partial charge in [-0.05, 0) is 38.6 Å². The third-order valence-electron chi connectivity index (χ3n) is 3.08. The number of unbranched alkanes of at least 4 members (excludes halogenated alkanes) is 1. The summed E-state index contributed by atoms with van der Waals surface area (Å²) in [5.41, 5.74) is 0.914. The van der Waals surface area contributed by atoms with E-state index in [-0.39, 0.29) is 18.8 Å². The highest BCUT2D eigenvalue weighted by atomic mass is 35.5. The first-order valence-corrected chi connectivity index (χ1v) is 6.53. The lowest BCUT2D eigenvalue weighted by Crippen LogP contribution is -2.18. The summed E-state index contributed by atoms with van der Waals surface area (Å²) >= 11 is 0. The van der Waals surface area contributed by atoms with Crippen LogP contribution in [0, 0.1) is 0 Å². The molecule has 0 fully saturated rings. The van der Waals surface area contributed by atoms with Crippen LogP contribution in [0.15, 0.2) is 34.7 Å². The molecule has 0 aliphatic heterocycles. The number of para-hydroxylation sites is 1. The van der Waals surface area contributed by atoms with Gasteiger partial charge in [0.2, 0.25) is 0 Å². The van der Waals surface area contributed by atoms with Gasteiger partial charge in [-0.15, -0.1) is 12.4 Å². The van der Waals surface area contributed by atoms with Crippen LogP contribution in [0.4, 0.5) is 0 Å². The van der Waals surface area contributed by atoms with E-state index >= 15 is 0 Å². The Morgan fingerprint density at radius 2 is 2.05 bits per heavy atom. The highest BCUT2D eigenvalue weighted by Gasteiger charge is 2.06. The number of aliphatic carboxylic acids is 1. The minimum atomic E-state index is -0.722. The predicted octanol–water partition coefficient (Wildman–Crippen LogP) is 3.54. The van der Waals surface area contributed by atoms with Crippen LogP contribution in [0.3, 0.4) is 0 Å². The third-order valence-corrected chi connectivity index (χ3v) is 3.08. The second-order valence-corrected chi connectivity index (χ2v) is 4.84. The first kappa shape index (κ1) is 16.5. The molecule has 0 atom stereocenters. The van der Waals surface area contributed by atoms with Crippen LogP contribution < -0.4 is 0 Å². The molecule has 2 rings (SSSR count). The Labute approximate surface area is 124 Å². The first-order chi connectivity index (χ1) is 9.15. The molecular formula is C15H20ClNO3. The van der Waals surface area contributed by atoms with Gasteiger partial charge < -0.3 is 9.52 Å². The number of carbonyl (C=O) groups is 1. The fraction of sp³-hybridized carbons (Fsp3) is 0.400. The zero-order valence-electron chi connectivity index (χ0n) is 11.5. The van der Waals surface area contributed by atoms with Gasteiger partial charge in [-0.1, -0.05) is 18.2 Å². The molecule has 1 aromatic carbocycles. The molecule has 1 aromatic heterocycles. The number of hydrogen-bond donors (Lipinski definition) is 1. The van der Waals surface area contributed by atoms with Crippen LogP contribution in [-0.4, -0.2) is 29.6 Å². The molecule has 0 unspecified atom stereocenters. The third kappa shape index (κ3) is 4.87. The fourth-order valence-electron chi connectivity index (χ4n) is 2.12. The topological polar surface area (TPSA) is 53.7 Å². The van der Waals surface area contributed by atoms with Crippen LogP contribution in [0.5, 0.6) is 0 Å². The van der Waals surface area contributed by atoms with E-state index in [0.717, 1.165) is 42.7 Å². The maximum atomic E-state index is 10.4. The van der Waals surface area contributed by atoms with E-state index < -0.39 is 5.97 Å². The number of rotatable bonds is 7. The summed E-state index contributed by atoms with van der Waals surface area (Å²) in [5.74, 6) is 0.224. The van der Waals surface area contributed by atoms with E-state index in [4.69, 9.17) is 9.52 Å². The summed E-state index contributed by atoms with van der Waals surface area (Å²) in [6, 6.07) is 10.0. The van der Waals surface area contributed by atoms with E-state index in [2.05, 4.69) is 11.0 Å². The second kappa shape index (κ2) is 7.92. The number of nitrogens with zero attached hydrogens (tertiary/aromatic N) is 1. The van der Waals surface area contributed by atoms with Crippen molar-refractivity contribution in [1.29, 1.82) is 0 Å². The molecule has 0 bridgehead atoms. The van der Waals surface area contributed by atoms with Crippen molar-refractivity contribution < 1.29 is 14.3 Å². The second-order valence-electron chi connectivity index (χ2n) is 4.84. The highest BCUT2D eigenvalue weighted by Crippen LogP contribution is 2.19. The van der Waals surface area contributed by atoms with E-state index in [1.54, 1.807) is 0 Å². The molecule has 2 aromatic rings. The van der Waals surface area contributed by atoms with Crippen LogP contribution >= 0.6 is 12.4 Å². The zero-order valence-corrected chi connectivity index (χ0v) is 12.4. The number of halogens is 1. The van der Waals surface area contributed by atoms with Crippen LogP contribution in [-0.2, 0) is 11.3 Å². The number of hydrogen-bond acceptors (Lipinski definition) is 3. The molecule has 1 N–H and O–H groups in total. The van der Waals surface area contributed by atoms with Crippen molar-refractivity contribution >= 4 is 29.3 Å². The summed E-state index contributed by atoms with van der Waals surface area (Å²) in [6.07, 6.45) is 1.86. The lowest BCUT2D eigenvalue weighted by Gasteiger charge is -2.14. The SMILES string of the molecule is CN(CCCCC(=O)O)Cc1cc2ccccc2o1.Cl. The smallest absolute Gasteiger partial charge is 0.303 e. The molecule has 0 spiro atoms. The van der Waals surface area contributed by atoms with Crippen molar-refractivity contribution in [1.82, 2.24) is 4.90 Å². The molecule has 4 nitrogen and oxygen atoms in total. The quantitative estimate of drug-likeness (QED) is 0.794. The molecule has 5 heteroatoms. The van der Waals surface area contributed by atoms with Crippen molar-refractivity contribution in [2.24, 2.45) is 0 Å². The van der Waals surface area contributed by atoms with Crippen LogP contribution in [0.25, 0.3) is 11.0 Å². The highest BCUT2D eigenvalue weighted by molar-refractivity contribution is 5.85. The van der Waals surface area contributed by atoms with Gasteiger partial charge in [-0.2, -0.15) is 0 Å². The zero-order chi connectivity index (χ0) is 13.7. The van der Waals surface area contributed by atoms with Crippen LogP contribution in [0.2, 0.25) is 0 Å². The Balaban J connectivity index is 0.00000200. The summed E-state index contributed by atoms with van der Waals surface area (Å²) in [4.78, 5) is 12.6. The molecule has 20 heavy (non-hydrogen) atoms. The molecule has 110 valence electrons. The van der Waals surface area contributed by atoms with Gasteiger partial charge in [0.25, 0.3) is 0 Å². The van der Waals surface area contributed by atoms with E-state index in [1.807, 2.05) is 31.3 Å². The predicted molar refractivity (Wildman–Crippen MR) is 81.3 cm³/mol. The molecular weight excluding hydrogens is 278 g/mol. The standard InChI is InChI=1S/C15H19NO3.ClH/c1-16(9-5-4-8-15(17)18)11-13-10-12-6-2-3-7-14(12)19-13;/h2-3,6-7,10H,4-5,8-9,11H2,1H3,(H,17,18);1H. The van der Waals surface area contributed by atoms with Gasteiger partial charge in [0.15, 0.2) is 0 Å². The van der Waals surface area contributed by atoms with Gasteiger partial charge >= 0.3 is 5.97 Å². The monoisotopic (exact) mass is 297 g/mol.